The first-order valence-electron chi connectivity index (χ1n) is 8.58. The number of ketones is 1. The molecule has 1 aliphatic rings. The quantitative estimate of drug-likeness (QED) is 0.625. The summed E-state index contributed by atoms with van der Waals surface area (Å²) in [7, 11) is 0. The van der Waals surface area contributed by atoms with Gasteiger partial charge in [-0.05, 0) is 55.9 Å². The van der Waals surface area contributed by atoms with Gasteiger partial charge in [0.05, 0.1) is 4.88 Å². The average molecular weight is 356 g/mol. The molecule has 130 valence electrons. The van der Waals surface area contributed by atoms with Crippen molar-refractivity contribution in [2.24, 2.45) is 11.7 Å². The van der Waals surface area contributed by atoms with E-state index in [-0.39, 0.29) is 23.1 Å². The van der Waals surface area contributed by atoms with E-state index >= 15 is 0 Å². The van der Waals surface area contributed by atoms with Gasteiger partial charge in [0.25, 0.3) is 5.56 Å². The number of nitrogens with one attached hydrogen (secondary N) is 1. The number of hydrogen-bond acceptors (Lipinski definition) is 5. The Balaban J connectivity index is 1.70. The van der Waals surface area contributed by atoms with E-state index in [0.717, 1.165) is 36.5 Å². The standard InChI is InChI=1S/C19H20N2O3S/c20-11-3-1-10(2-4-11)7-16(23)17-9-14-13-8-12(22)5-6-15(13)21-19(24)18(14)25-17/h5-6,8-11,22H,1-4,7,20H2,(H,21,24). The lowest BCUT2D eigenvalue weighted by molar-refractivity contribution is 0.0952. The highest BCUT2D eigenvalue weighted by molar-refractivity contribution is 7.20. The Bertz CT molecular complexity index is 1010. The maximum absolute atomic E-state index is 12.7. The molecule has 1 fully saturated rings. The van der Waals surface area contributed by atoms with Crippen molar-refractivity contribution in [1.82, 2.24) is 4.98 Å². The summed E-state index contributed by atoms with van der Waals surface area (Å²) in [5.41, 5.74) is 6.40. The van der Waals surface area contributed by atoms with Crippen LogP contribution in [0.5, 0.6) is 5.75 Å². The second-order valence-corrected chi connectivity index (χ2v) is 8.00. The second-order valence-electron chi connectivity index (χ2n) is 6.95. The lowest BCUT2D eigenvalue weighted by Gasteiger charge is -2.25. The summed E-state index contributed by atoms with van der Waals surface area (Å²) < 4.78 is 0.534. The normalized spacial score (nSPS) is 21.0. The smallest absolute Gasteiger partial charge is 0.266 e. The molecule has 6 heteroatoms. The van der Waals surface area contributed by atoms with Crippen molar-refractivity contribution >= 4 is 38.1 Å². The van der Waals surface area contributed by atoms with Gasteiger partial charge in [-0.15, -0.1) is 11.3 Å². The number of Topliss-reactive ketones (excluding diaryl/α,β-unsaturated/α-hetero) is 1. The Morgan fingerprint density at radius 1 is 1.20 bits per heavy atom. The van der Waals surface area contributed by atoms with Crippen molar-refractivity contribution in [3.05, 3.63) is 39.5 Å². The number of carbonyl (C=O) groups excluding carboxylic acids is 1. The lowest BCUT2D eigenvalue weighted by atomic mass is 9.83. The minimum Gasteiger partial charge on any atom is -0.508 e. The molecule has 4 N–H and O–H groups in total. The number of carbonyl (C=O) groups is 1. The molecule has 0 aliphatic heterocycles. The summed E-state index contributed by atoms with van der Waals surface area (Å²) in [6.07, 6.45) is 4.47. The molecule has 25 heavy (non-hydrogen) atoms. The molecule has 0 atom stereocenters. The summed E-state index contributed by atoms with van der Waals surface area (Å²) in [5.74, 6) is 0.615. The molecule has 0 amide bonds. The van der Waals surface area contributed by atoms with Crippen LogP contribution in [-0.2, 0) is 0 Å². The van der Waals surface area contributed by atoms with Gasteiger partial charge in [0.1, 0.15) is 10.4 Å². The third kappa shape index (κ3) is 3.07. The number of benzene rings is 1. The summed E-state index contributed by atoms with van der Waals surface area (Å²) in [6.45, 7) is 0. The van der Waals surface area contributed by atoms with Crippen LogP contribution in [0.25, 0.3) is 21.0 Å². The van der Waals surface area contributed by atoms with Crippen LogP contribution in [0.15, 0.2) is 29.1 Å². The topological polar surface area (TPSA) is 96.2 Å². The van der Waals surface area contributed by atoms with Crippen molar-refractivity contribution in [3.8, 4) is 5.75 Å². The minimum absolute atomic E-state index is 0.0920. The highest BCUT2D eigenvalue weighted by Gasteiger charge is 2.23. The number of H-pyrrole nitrogens is 1. The first kappa shape index (κ1) is 16.3. The molecule has 5 nitrogen and oxygen atoms in total. The molecular formula is C19H20N2O3S. The zero-order valence-corrected chi connectivity index (χ0v) is 14.6. The second kappa shape index (κ2) is 6.28. The number of aromatic hydroxyl groups is 1. The molecule has 0 radical (unpaired) electrons. The van der Waals surface area contributed by atoms with E-state index in [1.54, 1.807) is 18.2 Å². The molecule has 0 unspecified atom stereocenters. The zero-order chi connectivity index (χ0) is 17.6. The number of aromatic nitrogens is 1. The van der Waals surface area contributed by atoms with E-state index in [9.17, 15) is 14.7 Å². The molecule has 2 heterocycles. The van der Waals surface area contributed by atoms with Gasteiger partial charge in [0.15, 0.2) is 5.78 Å². The molecule has 1 aliphatic carbocycles. The van der Waals surface area contributed by atoms with Crippen molar-refractivity contribution in [2.75, 3.05) is 0 Å². The largest absolute Gasteiger partial charge is 0.508 e. The third-order valence-corrected chi connectivity index (χ3v) is 6.30. The number of thiophene rings is 1. The van der Waals surface area contributed by atoms with E-state index in [1.807, 2.05) is 0 Å². The van der Waals surface area contributed by atoms with E-state index in [4.69, 9.17) is 5.73 Å². The summed E-state index contributed by atoms with van der Waals surface area (Å²) in [4.78, 5) is 28.4. The Labute approximate surface area is 148 Å². The van der Waals surface area contributed by atoms with E-state index in [0.29, 0.717) is 27.4 Å². The molecule has 1 saturated carbocycles. The third-order valence-electron chi connectivity index (χ3n) is 5.12. The number of fused-ring (bicyclic) bond motifs is 3. The zero-order valence-electron chi connectivity index (χ0n) is 13.7. The van der Waals surface area contributed by atoms with Gasteiger partial charge >= 0.3 is 0 Å². The van der Waals surface area contributed by atoms with E-state index in [2.05, 4.69) is 4.98 Å². The highest BCUT2D eigenvalue weighted by Crippen LogP contribution is 2.33. The lowest BCUT2D eigenvalue weighted by Crippen LogP contribution is -2.27. The van der Waals surface area contributed by atoms with Crippen molar-refractivity contribution in [1.29, 1.82) is 0 Å². The number of pyridine rings is 1. The number of phenolic OH excluding ortho intramolecular Hbond substituents is 1. The summed E-state index contributed by atoms with van der Waals surface area (Å²) in [5, 5.41) is 11.2. The molecular weight excluding hydrogens is 336 g/mol. The van der Waals surface area contributed by atoms with E-state index in [1.165, 1.54) is 17.4 Å². The maximum Gasteiger partial charge on any atom is 0.266 e. The van der Waals surface area contributed by atoms with Crippen LogP contribution in [0, 0.1) is 5.92 Å². The SMILES string of the molecule is NC1CCC(CC(=O)c2cc3c(s2)c(=O)[nH]c2ccc(O)cc23)CC1. The van der Waals surface area contributed by atoms with Gasteiger partial charge in [0, 0.05) is 28.8 Å². The Morgan fingerprint density at radius 2 is 1.96 bits per heavy atom. The molecule has 0 bridgehead atoms. The first-order valence-corrected chi connectivity index (χ1v) is 9.40. The van der Waals surface area contributed by atoms with E-state index < -0.39 is 0 Å². The number of rotatable bonds is 3. The summed E-state index contributed by atoms with van der Waals surface area (Å²) >= 11 is 1.24. The van der Waals surface area contributed by atoms with Crippen LogP contribution in [-0.4, -0.2) is 21.9 Å². The number of phenols is 1. The molecule has 0 saturated heterocycles. The summed E-state index contributed by atoms with van der Waals surface area (Å²) in [6, 6.07) is 6.91. The Hall–Kier alpha value is -2.18. The molecule has 3 aromatic rings. The van der Waals surface area contributed by atoms with Gasteiger partial charge in [-0.3, -0.25) is 9.59 Å². The Morgan fingerprint density at radius 3 is 2.72 bits per heavy atom. The maximum atomic E-state index is 12.7. The van der Waals surface area contributed by atoms with Crippen LogP contribution in [0.3, 0.4) is 0 Å². The van der Waals surface area contributed by atoms with Gasteiger partial charge in [0.2, 0.25) is 0 Å². The monoisotopic (exact) mass is 356 g/mol. The van der Waals surface area contributed by atoms with Crippen molar-refractivity contribution < 1.29 is 9.90 Å². The fraction of sp³-hybridized carbons (Fsp3) is 0.368. The van der Waals surface area contributed by atoms with Gasteiger partial charge in [-0.1, -0.05) is 0 Å². The number of nitrogens with two attached hydrogens (primary N) is 1. The van der Waals surface area contributed by atoms with Gasteiger partial charge in [-0.2, -0.15) is 0 Å². The minimum atomic E-state index is -0.194. The Kier molecular flexibility index (Phi) is 4.09. The van der Waals surface area contributed by atoms with Crippen LogP contribution < -0.4 is 11.3 Å². The molecule has 2 aromatic heterocycles. The van der Waals surface area contributed by atoms with Crippen LogP contribution in [0.1, 0.15) is 41.8 Å². The average Bonchev–Trinajstić information content (AvgIpc) is 3.04. The fourth-order valence-electron chi connectivity index (χ4n) is 3.70. The van der Waals surface area contributed by atoms with Gasteiger partial charge < -0.3 is 15.8 Å². The molecule has 0 spiro atoms. The van der Waals surface area contributed by atoms with Crippen LogP contribution in [0.2, 0.25) is 0 Å². The predicted octanol–water partition coefficient (Wildman–Crippen LogP) is 3.54. The fourth-order valence-corrected chi connectivity index (χ4v) is 4.71. The number of aromatic amines is 1. The highest BCUT2D eigenvalue weighted by atomic mass is 32.1. The van der Waals surface area contributed by atoms with Crippen LogP contribution in [0.4, 0.5) is 0 Å². The van der Waals surface area contributed by atoms with Crippen LogP contribution >= 0.6 is 11.3 Å². The molecule has 1 aromatic carbocycles. The number of hydrogen-bond donors (Lipinski definition) is 3. The van der Waals surface area contributed by atoms with Gasteiger partial charge in [-0.25, -0.2) is 0 Å². The predicted molar refractivity (Wildman–Crippen MR) is 100 cm³/mol. The van der Waals surface area contributed by atoms with Crippen molar-refractivity contribution in [2.45, 2.75) is 38.1 Å². The first-order chi connectivity index (χ1) is 12.0. The molecule has 4 rings (SSSR count). The van der Waals surface area contributed by atoms with Crippen molar-refractivity contribution in [3.63, 3.8) is 0 Å².